The number of aromatic nitrogens is 4. The van der Waals surface area contributed by atoms with Crippen molar-refractivity contribution in [2.45, 2.75) is 51.7 Å². The topological polar surface area (TPSA) is 74.0 Å². The van der Waals surface area contributed by atoms with Crippen LogP contribution in [0.25, 0.3) is 0 Å². The summed E-state index contributed by atoms with van der Waals surface area (Å²) in [5, 5.41) is 11.6. The fourth-order valence-corrected chi connectivity index (χ4v) is 3.25. The van der Waals surface area contributed by atoms with Crippen molar-refractivity contribution in [3.8, 4) is 0 Å². The summed E-state index contributed by atoms with van der Waals surface area (Å²) in [5.41, 5.74) is 2.59. The minimum atomic E-state index is -0.0820. The zero-order valence-electron chi connectivity index (χ0n) is 14.4. The lowest BCUT2D eigenvalue weighted by atomic mass is 10.2. The molecule has 130 valence electrons. The highest BCUT2D eigenvalue weighted by Gasteiger charge is 2.22. The Labute approximate surface area is 142 Å². The summed E-state index contributed by atoms with van der Waals surface area (Å²) < 4.78 is 8.86. The van der Waals surface area contributed by atoms with E-state index in [0.717, 1.165) is 24.1 Å². The Morgan fingerprint density at radius 1 is 1.33 bits per heavy atom. The molecule has 3 rings (SSSR count). The number of carbonyl (C=O) groups excluding carboxylic acids is 1. The second kappa shape index (κ2) is 7.61. The number of amides is 1. The summed E-state index contributed by atoms with van der Waals surface area (Å²) in [6, 6.07) is 0.450. The van der Waals surface area contributed by atoms with Gasteiger partial charge >= 0.3 is 0 Å². The summed E-state index contributed by atoms with van der Waals surface area (Å²) in [6.07, 6.45) is 10.2. The van der Waals surface area contributed by atoms with E-state index in [1.807, 2.05) is 22.5 Å². The summed E-state index contributed by atoms with van der Waals surface area (Å²) in [7, 11) is 1.67. The zero-order valence-corrected chi connectivity index (χ0v) is 14.4. The molecule has 0 saturated heterocycles. The normalized spacial score (nSPS) is 15.1. The van der Waals surface area contributed by atoms with Gasteiger partial charge in [0.2, 0.25) is 0 Å². The average Bonchev–Trinajstić information content (AvgIpc) is 3.31. The van der Waals surface area contributed by atoms with Crippen LogP contribution in [0, 0.1) is 6.92 Å². The minimum absolute atomic E-state index is 0.0820. The minimum Gasteiger partial charge on any atom is -0.383 e. The molecule has 0 bridgehead atoms. The van der Waals surface area contributed by atoms with Gasteiger partial charge in [0.15, 0.2) is 0 Å². The summed E-state index contributed by atoms with van der Waals surface area (Å²) in [5.74, 6) is -0.0820. The standard InChI is InChI=1S/C17H25N5O2/c1-13-16(11-20-22(13)15-5-3-4-6-15)17(23)18-9-14-10-19-21(12-14)7-8-24-2/h10-12,15H,3-9H2,1-2H3,(H,18,23). The van der Waals surface area contributed by atoms with Gasteiger partial charge in [-0.25, -0.2) is 0 Å². The number of nitrogens with zero attached hydrogens (tertiary/aromatic N) is 4. The van der Waals surface area contributed by atoms with Gasteiger partial charge in [0.05, 0.1) is 37.2 Å². The van der Waals surface area contributed by atoms with Crippen molar-refractivity contribution in [1.29, 1.82) is 0 Å². The second-order valence-electron chi connectivity index (χ2n) is 6.31. The molecule has 1 amide bonds. The van der Waals surface area contributed by atoms with Gasteiger partial charge in [0, 0.05) is 31.1 Å². The van der Waals surface area contributed by atoms with Gasteiger partial charge in [-0.3, -0.25) is 14.2 Å². The third-order valence-corrected chi connectivity index (χ3v) is 4.62. The molecule has 0 atom stereocenters. The first-order valence-corrected chi connectivity index (χ1v) is 8.51. The molecule has 1 aliphatic rings. The van der Waals surface area contributed by atoms with E-state index in [2.05, 4.69) is 15.5 Å². The number of methoxy groups -OCH3 is 1. The molecular weight excluding hydrogens is 306 g/mol. The summed E-state index contributed by atoms with van der Waals surface area (Å²) in [4.78, 5) is 12.4. The fourth-order valence-electron chi connectivity index (χ4n) is 3.25. The van der Waals surface area contributed by atoms with Crippen molar-refractivity contribution in [3.05, 3.63) is 35.4 Å². The summed E-state index contributed by atoms with van der Waals surface area (Å²) in [6.45, 7) is 3.76. The van der Waals surface area contributed by atoms with E-state index in [0.29, 0.717) is 31.3 Å². The molecule has 0 aliphatic heterocycles. The molecule has 7 nitrogen and oxygen atoms in total. The van der Waals surface area contributed by atoms with Gasteiger partial charge < -0.3 is 10.1 Å². The number of rotatable bonds is 7. The molecule has 2 aromatic rings. The highest BCUT2D eigenvalue weighted by atomic mass is 16.5. The third-order valence-electron chi connectivity index (χ3n) is 4.62. The molecule has 2 heterocycles. The van der Waals surface area contributed by atoms with Crippen molar-refractivity contribution in [2.24, 2.45) is 0 Å². The number of hydrogen-bond donors (Lipinski definition) is 1. The highest BCUT2D eigenvalue weighted by molar-refractivity contribution is 5.94. The van der Waals surface area contributed by atoms with Gasteiger partial charge in [-0.1, -0.05) is 12.8 Å². The fraction of sp³-hybridized carbons (Fsp3) is 0.588. The maximum absolute atomic E-state index is 12.4. The molecule has 24 heavy (non-hydrogen) atoms. The second-order valence-corrected chi connectivity index (χ2v) is 6.31. The lowest BCUT2D eigenvalue weighted by Gasteiger charge is -2.12. The van der Waals surface area contributed by atoms with E-state index in [-0.39, 0.29) is 5.91 Å². The van der Waals surface area contributed by atoms with Gasteiger partial charge in [0.25, 0.3) is 5.91 Å². The van der Waals surface area contributed by atoms with Crippen LogP contribution in [0.1, 0.15) is 53.3 Å². The van der Waals surface area contributed by atoms with Crippen molar-refractivity contribution in [3.63, 3.8) is 0 Å². The Hall–Kier alpha value is -2.15. The third kappa shape index (κ3) is 3.67. The highest BCUT2D eigenvalue weighted by Crippen LogP contribution is 2.30. The largest absolute Gasteiger partial charge is 0.383 e. The Kier molecular flexibility index (Phi) is 5.30. The van der Waals surface area contributed by atoms with Crippen LogP contribution < -0.4 is 5.32 Å². The van der Waals surface area contributed by atoms with Crippen LogP contribution in [0.2, 0.25) is 0 Å². The Morgan fingerprint density at radius 2 is 2.12 bits per heavy atom. The van der Waals surface area contributed by atoms with E-state index in [1.165, 1.54) is 12.8 Å². The predicted molar refractivity (Wildman–Crippen MR) is 89.7 cm³/mol. The van der Waals surface area contributed by atoms with Crippen molar-refractivity contribution in [1.82, 2.24) is 24.9 Å². The molecule has 1 fully saturated rings. The molecule has 1 N–H and O–H groups in total. The first kappa shape index (κ1) is 16.7. The molecule has 0 aromatic carbocycles. The molecule has 7 heteroatoms. The number of carbonyl (C=O) groups is 1. The number of ether oxygens (including phenoxy) is 1. The molecule has 2 aromatic heterocycles. The molecule has 1 saturated carbocycles. The predicted octanol–water partition coefficient (Wildman–Crippen LogP) is 2.08. The Balaban J connectivity index is 1.58. The van der Waals surface area contributed by atoms with Crippen molar-refractivity contribution < 1.29 is 9.53 Å². The van der Waals surface area contributed by atoms with Gasteiger partial charge in [-0.2, -0.15) is 10.2 Å². The lowest BCUT2D eigenvalue weighted by molar-refractivity contribution is 0.0950. The van der Waals surface area contributed by atoms with Crippen LogP contribution in [0.4, 0.5) is 0 Å². The number of nitrogens with one attached hydrogen (secondary N) is 1. The molecule has 0 unspecified atom stereocenters. The van der Waals surface area contributed by atoms with Gasteiger partial charge in [-0.05, 0) is 19.8 Å². The van der Waals surface area contributed by atoms with Crippen molar-refractivity contribution in [2.75, 3.05) is 13.7 Å². The lowest BCUT2D eigenvalue weighted by Crippen LogP contribution is -2.23. The smallest absolute Gasteiger partial charge is 0.255 e. The van der Waals surface area contributed by atoms with Gasteiger partial charge in [0.1, 0.15) is 0 Å². The van der Waals surface area contributed by atoms with E-state index in [1.54, 1.807) is 19.5 Å². The van der Waals surface area contributed by atoms with Crippen LogP contribution >= 0.6 is 0 Å². The van der Waals surface area contributed by atoms with Crippen LogP contribution in [0.3, 0.4) is 0 Å². The Morgan fingerprint density at radius 3 is 2.88 bits per heavy atom. The zero-order chi connectivity index (χ0) is 16.9. The van der Waals surface area contributed by atoms with Crippen LogP contribution in [0.5, 0.6) is 0 Å². The van der Waals surface area contributed by atoms with Crippen molar-refractivity contribution >= 4 is 5.91 Å². The molecular formula is C17H25N5O2. The summed E-state index contributed by atoms with van der Waals surface area (Å²) >= 11 is 0. The van der Waals surface area contributed by atoms with Gasteiger partial charge in [-0.15, -0.1) is 0 Å². The van der Waals surface area contributed by atoms with Crippen LogP contribution in [0.15, 0.2) is 18.6 Å². The SMILES string of the molecule is COCCn1cc(CNC(=O)c2cnn(C3CCCC3)c2C)cn1. The monoisotopic (exact) mass is 331 g/mol. The molecule has 1 aliphatic carbocycles. The molecule has 0 spiro atoms. The van der Waals surface area contributed by atoms with E-state index in [4.69, 9.17) is 4.74 Å². The first-order chi connectivity index (χ1) is 11.7. The van der Waals surface area contributed by atoms with Crippen LogP contribution in [-0.4, -0.2) is 39.2 Å². The maximum atomic E-state index is 12.4. The number of hydrogen-bond acceptors (Lipinski definition) is 4. The maximum Gasteiger partial charge on any atom is 0.255 e. The Bertz CT molecular complexity index is 685. The quantitative estimate of drug-likeness (QED) is 0.843. The van der Waals surface area contributed by atoms with E-state index >= 15 is 0 Å². The average molecular weight is 331 g/mol. The molecule has 0 radical (unpaired) electrons. The van der Waals surface area contributed by atoms with Crippen LogP contribution in [-0.2, 0) is 17.8 Å². The van der Waals surface area contributed by atoms with E-state index in [9.17, 15) is 4.79 Å². The van der Waals surface area contributed by atoms with E-state index < -0.39 is 0 Å². The first-order valence-electron chi connectivity index (χ1n) is 8.51.